The molecule has 0 heterocycles. The second-order valence-electron chi connectivity index (χ2n) is 6.93. The lowest BCUT2D eigenvalue weighted by atomic mass is 10.0. The number of aromatic carboxylic acids is 1. The molecule has 0 fully saturated rings. The summed E-state index contributed by atoms with van der Waals surface area (Å²) in [6.45, 7) is 8.13. The predicted molar refractivity (Wildman–Crippen MR) is 96.3 cm³/mol. The molecule has 3 N–H and O–H groups in total. The summed E-state index contributed by atoms with van der Waals surface area (Å²) in [4.78, 5) is 35.1. The van der Waals surface area contributed by atoms with Gasteiger partial charge in [-0.15, -0.1) is 0 Å². The van der Waals surface area contributed by atoms with Crippen molar-refractivity contribution in [3.05, 3.63) is 35.4 Å². The van der Waals surface area contributed by atoms with Crippen molar-refractivity contribution >= 4 is 17.8 Å². The average molecular weight is 348 g/mol. The van der Waals surface area contributed by atoms with Gasteiger partial charge in [-0.2, -0.15) is 0 Å². The van der Waals surface area contributed by atoms with Crippen LogP contribution in [0.4, 0.5) is 0 Å². The molecule has 25 heavy (non-hydrogen) atoms. The van der Waals surface area contributed by atoms with E-state index < -0.39 is 12.0 Å². The molecule has 2 amide bonds. The summed E-state index contributed by atoms with van der Waals surface area (Å²) in [6, 6.07) is 6.01. The van der Waals surface area contributed by atoms with Crippen molar-refractivity contribution in [2.24, 2.45) is 11.8 Å². The summed E-state index contributed by atoms with van der Waals surface area (Å²) < 4.78 is 0. The number of rotatable bonds is 9. The number of carbonyl (C=O) groups excluding carboxylic acids is 2. The van der Waals surface area contributed by atoms with Gasteiger partial charge < -0.3 is 15.7 Å². The lowest BCUT2D eigenvalue weighted by Gasteiger charge is -2.22. The molecule has 0 bridgehead atoms. The summed E-state index contributed by atoms with van der Waals surface area (Å²) in [7, 11) is 0. The SMILES string of the molecule is CC(C)CC(=O)NC(C(=O)NCCc1ccc(C(=O)O)cc1)C(C)C. The first-order valence-electron chi connectivity index (χ1n) is 8.60. The van der Waals surface area contributed by atoms with E-state index >= 15 is 0 Å². The first-order valence-corrected chi connectivity index (χ1v) is 8.60. The van der Waals surface area contributed by atoms with Crippen LogP contribution in [0.15, 0.2) is 24.3 Å². The molecule has 0 aliphatic rings. The summed E-state index contributed by atoms with van der Waals surface area (Å²) in [5, 5.41) is 14.5. The van der Waals surface area contributed by atoms with E-state index in [1.807, 2.05) is 27.7 Å². The first-order chi connectivity index (χ1) is 11.7. The van der Waals surface area contributed by atoms with Gasteiger partial charge in [0, 0.05) is 13.0 Å². The molecule has 0 spiro atoms. The Balaban J connectivity index is 2.51. The van der Waals surface area contributed by atoms with Gasteiger partial charge in [0.15, 0.2) is 0 Å². The molecule has 6 heteroatoms. The van der Waals surface area contributed by atoms with E-state index in [1.54, 1.807) is 24.3 Å². The average Bonchev–Trinajstić information content (AvgIpc) is 2.52. The normalized spacial score (nSPS) is 12.1. The van der Waals surface area contributed by atoms with Crippen molar-refractivity contribution in [3.63, 3.8) is 0 Å². The molecular weight excluding hydrogens is 320 g/mol. The summed E-state index contributed by atoms with van der Waals surface area (Å²) in [5.74, 6) is -1.05. The van der Waals surface area contributed by atoms with Crippen LogP contribution in [0.3, 0.4) is 0 Å². The van der Waals surface area contributed by atoms with Crippen LogP contribution in [0.5, 0.6) is 0 Å². The lowest BCUT2D eigenvalue weighted by molar-refractivity contribution is -0.130. The minimum atomic E-state index is -0.961. The smallest absolute Gasteiger partial charge is 0.335 e. The zero-order valence-corrected chi connectivity index (χ0v) is 15.3. The van der Waals surface area contributed by atoms with Gasteiger partial charge in [-0.25, -0.2) is 4.79 Å². The fourth-order valence-corrected chi connectivity index (χ4v) is 2.39. The Morgan fingerprint density at radius 3 is 2.12 bits per heavy atom. The van der Waals surface area contributed by atoms with Gasteiger partial charge in [-0.05, 0) is 36.0 Å². The Kier molecular flexibility index (Phi) is 8.11. The molecule has 0 saturated heterocycles. The van der Waals surface area contributed by atoms with Gasteiger partial charge in [0.1, 0.15) is 6.04 Å². The van der Waals surface area contributed by atoms with Crippen LogP contribution in [-0.2, 0) is 16.0 Å². The molecule has 0 aromatic heterocycles. The van der Waals surface area contributed by atoms with E-state index in [0.29, 0.717) is 19.4 Å². The van der Waals surface area contributed by atoms with Gasteiger partial charge in [0.05, 0.1) is 5.56 Å². The lowest BCUT2D eigenvalue weighted by Crippen LogP contribution is -2.50. The Hall–Kier alpha value is -2.37. The highest BCUT2D eigenvalue weighted by Crippen LogP contribution is 2.07. The second kappa shape index (κ2) is 9.81. The number of carboxylic acid groups (broad SMARTS) is 1. The Morgan fingerprint density at radius 1 is 1.04 bits per heavy atom. The summed E-state index contributed by atoms with van der Waals surface area (Å²) >= 11 is 0. The largest absolute Gasteiger partial charge is 0.478 e. The Labute approximate surface area is 149 Å². The second-order valence-corrected chi connectivity index (χ2v) is 6.93. The Bertz CT molecular complexity index is 594. The minimum Gasteiger partial charge on any atom is -0.478 e. The molecule has 1 aromatic rings. The highest BCUT2D eigenvalue weighted by atomic mass is 16.4. The van der Waals surface area contributed by atoms with Crippen molar-refractivity contribution in [1.29, 1.82) is 0 Å². The van der Waals surface area contributed by atoms with Crippen molar-refractivity contribution in [1.82, 2.24) is 10.6 Å². The van der Waals surface area contributed by atoms with Crippen LogP contribution in [0.2, 0.25) is 0 Å². The van der Waals surface area contributed by atoms with Crippen molar-refractivity contribution in [2.45, 2.75) is 46.6 Å². The van der Waals surface area contributed by atoms with Crippen LogP contribution >= 0.6 is 0 Å². The fraction of sp³-hybridized carbons (Fsp3) is 0.526. The third kappa shape index (κ3) is 7.37. The van der Waals surface area contributed by atoms with Gasteiger partial charge in [0.2, 0.25) is 11.8 Å². The summed E-state index contributed by atoms with van der Waals surface area (Å²) in [5.41, 5.74) is 1.18. The minimum absolute atomic E-state index is 0.00837. The van der Waals surface area contributed by atoms with E-state index in [4.69, 9.17) is 5.11 Å². The molecule has 6 nitrogen and oxygen atoms in total. The van der Waals surface area contributed by atoms with Crippen LogP contribution in [0.1, 0.15) is 50.0 Å². The van der Waals surface area contributed by atoms with Crippen molar-refractivity contribution in [2.75, 3.05) is 6.54 Å². The number of nitrogens with one attached hydrogen (secondary N) is 2. The molecule has 1 atom stereocenters. The van der Waals surface area contributed by atoms with E-state index in [1.165, 1.54) is 0 Å². The van der Waals surface area contributed by atoms with Gasteiger partial charge in [0.25, 0.3) is 0 Å². The molecule has 0 aliphatic carbocycles. The maximum Gasteiger partial charge on any atom is 0.335 e. The van der Waals surface area contributed by atoms with E-state index in [9.17, 15) is 14.4 Å². The molecule has 138 valence electrons. The quantitative estimate of drug-likeness (QED) is 0.638. The van der Waals surface area contributed by atoms with Gasteiger partial charge >= 0.3 is 5.97 Å². The third-order valence-corrected chi connectivity index (χ3v) is 3.77. The molecule has 1 aromatic carbocycles. The molecule has 0 radical (unpaired) electrons. The molecule has 0 saturated carbocycles. The van der Waals surface area contributed by atoms with Crippen molar-refractivity contribution in [3.8, 4) is 0 Å². The van der Waals surface area contributed by atoms with E-state index in [-0.39, 0.29) is 29.2 Å². The number of benzene rings is 1. The maximum atomic E-state index is 12.3. The third-order valence-electron chi connectivity index (χ3n) is 3.77. The number of hydrogen-bond donors (Lipinski definition) is 3. The number of carbonyl (C=O) groups is 3. The standard InChI is InChI=1S/C19H28N2O4/c1-12(2)11-16(22)21-17(13(3)4)18(23)20-10-9-14-5-7-15(8-6-14)19(24)25/h5-8,12-13,17H,9-11H2,1-4H3,(H,20,23)(H,21,22)(H,24,25). The van der Waals surface area contributed by atoms with Crippen LogP contribution in [0, 0.1) is 11.8 Å². The first kappa shape index (κ1) is 20.7. The number of carboxylic acids is 1. The zero-order chi connectivity index (χ0) is 19.0. The number of hydrogen-bond acceptors (Lipinski definition) is 3. The van der Waals surface area contributed by atoms with Crippen LogP contribution in [0.25, 0.3) is 0 Å². The van der Waals surface area contributed by atoms with Crippen molar-refractivity contribution < 1.29 is 19.5 Å². The van der Waals surface area contributed by atoms with Crippen LogP contribution in [-0.4, -0.2) is 35.5 Å². The topological polar surface area (TPSA) is 95.5 Å². The van der Waals surface area contributed by atoms with Gasteiger partial charge in [-0.1, -0.05) is 39.8 Å². The molecule has 1 unspecified atom stereocenters. The number of amides is 2. The van der Waals surface area contributed by atoms with Gasteiger partial charge in [-0.3, -0.25) is 9.59 Å². The predicted octanol–water partition coefficient (Wildman–Crippen LogP) is 2.23. The maximum absolute atomic E-state index is 12.3. The van der Waals surface area contributed by atoms with E-state index in [2.05, 4.69) is 10.6 Å². The summed E-state index contributed by atoms with van der Waals surface area (Å²) in [6.07, 6.45) is 0.989. The monoisotopic (exact) mass is 348 g/mol. The van der Waals surface area contributed by atoms with Crippen LogP contribution < -0.4 is 10.6 Å². The molecule has 0 aliphatic heterocycles. The fourth-order valence-electron chi connectivity index (χ4n) is 2.39. The Morgan fingerprint density at radius 2 is 1.64 bits per heavy atom. The molecular formula is C19H28N2O4. The zero-order valence-electron chi connectivity index (χ0n) is 15.3. The highest BCUT2D eigenvalue weighted by molar-refractivity contribution is 5.88. The highest BCUT2D eigenvalue weighted by Gasteiger charge is 2.23. The molecule has 1 rings (SSSR count). The van der Waals surface area contributed by atoms with E-state index in [0.717, 1.165) is 5.56 Å².